The summed E-state index contributed by atoms with van der Waals surface area (Å²) in [4.78, 5) is 39.0. The number of amides is 4. The van der Waals surface area contributed by atoms with Crippen LogP contribution in [0.1, 0.15) is 44.2 Å². The molecule has 8 nitrogen and oxygen atoms in total. The number of benzene rings is 2. The second-order valence-electron chi connectivity index (χ2n) is 7.99. The Morgan fingerprint density at radius 2 is 1.87 bits per heavy atom. The molecule has 2 atom stereocenters. The number of hydrogen-bond donors (Lipinski definition) is 2. The van der Waals surface area contributed by atoms with Gasteiger partial charge in [0.25, 0.3) is 5.91 Å². The summed E-state index contributed by atoms with van der Waals surface area (Å²) in [6, 6.07) is 12.0. The molecule has 2 N–H and O–H groups in total. The van der Waals surface area contributed by atoms with Crippen molar-refractivity contribution in [3.63, 3.8) is 0 Å². The Labute approximate surface area is 180 Å². The topological polar surface area (TPSA) is 97.0 Å². The van der Waals surface area contributed by atoms with Crippen molar-refractivity contribution in [2.75, 3.05) is 18.7 Å². The van der Waals surface area contributed by atoms with Gasteiger partial charge in [-0.05, 0) is 54.7 Å². The number of nitrogens with one attached hydrogen (secondary N) is 2. The van der Waals surface area contributed by atoms with Gasteiger partial charge < -0.3 is 20.1 Å². The third kappa shape index (κ3) is 3.81. The van der Waals surface area contributed by atoms with Crippen LogP contribution in [0.25, 0.3) is 0 Å². The predicted molar refractivity (Wildman–Crippen MR) is 114 cm³/mol. The standard InChI is InChI=1S/C23H25N3O5/c1-4-14(2)15-5-8-17(9-6-15)24-20(27)12-26-21(28)23(3,25-22(26)29)16-7-10-18-19(11-16)31-13-30-18/h5-11,14H,4,12-13H2,1-3H3,(H,24,27)(H,25,29)/t14-,23-/m0/s1. The molecule has 4 amide bonds. The largest absolute Gasteiger partial charge is 0.454 e. The van der Waals surface area contributed by atoms with Crippen LogP contribution in [0.5, 0.6) is 11.5 Å². The average molecular weight is 423 g/mol. The molecule has 0 aromatic heterocycles. The summed E-state index contributed by atoms with van der Waals surface area (Å²) in [5, 5.41) is 5.44. The SMILES string of the molecule is CC[C@H](C)c1ccc(NC(=O)CN2C(=O)N[C@@](C)(c3ccc4c(c3)OCO4)C2=O)cc1. The van der Waals surface area contributed by atoms with E-state index in [-0.39, 0.29) is 13.3 Å². The molecule has 4 rings (SSSR count). The Bertz CT molecular complexity index is 1040. The first-order valence-electron chi connectivity index (χ1n) is 10.3. The second kappa shape index (κ2) is 7.94. The summed E-state index contributed by atoms with van der Waals surface area (Å²) in [7, 11) is 0. The fourth-order valence-corrected chi connectivity index (χ4v) is 3.72. The van der Waals surface area contributed by atoms with Crippen molar-refractivity contribution < 1.29 is 23.9 Å². The summed E-state index contributed by atoms with van der Waals surface area (Å²) in [6.07, 6.45) is 1.03. The molecular formula is C23H25N3O5. The van der Waals surface area contributed by atoms with Crippen LogP contribution >= 0.6 is 0 Å². The zero-order valence-electron chi connectivity index (χ0n) is 17.7. The van der Waals surface area contributed by atoms with Crippen molar-refractivity contribution in [3.8, 4) is 11.5 Å². The molecule has 0 unspecified atom stereocenters. The van der Waals surface area contributed by atoms with E-state index in [0.29, 0.717) is 28.7 Å². The summed E-state index contributed by atoms with van der Waals surface area (Å²) in [5.74, 6) is 0.579. The fourth-order valence-electron chi connectivity index (χ4n) is 3.72. The minimum Gasteiger partial charge on any atom is -0.454 e. The van der Waals surface area contributed by atoms with E-state index in [0.717, 1.165) is 11.3 Å². The fraction of sp³-hybridized carbons (Fsp3) is 0.348. The molecule has 2 aromatic carbocycles. The maximum absolute atomic E-state index is 13.1. The zero-order chi connectivity index (χ0) is 22.2. The van der Waals surface area contributed by atoms with E-state index in [1.54, 1.807) is 25.1 Å². The average Bonchev–Trinajstić information content (AvgIpc) is 3.32. The molecule has 2 aromatic rings. The van der Waals surface area contributed by atoms with Crippen molar-refractivity contribution in [1.29, 1.82) is 0 Å². The lowest BCUT2D eigenvalue weighted by Gasteiger charge is -2.22. The van der Waals surface area contributed by atoms with Gasteiger partial charge in [-0.25, -0.2) is 4.79 Å². The number of fused-ring (bicyclic) bond motifs is 1. The van der Waals surface area contributed by atoms with Crippen molar-refractivity contribution in [2.24, 2.45) is 0 Å². The van der Waals surface area contributed by atoms with Gasteiger partial charge in [-0.1, -0.05) is 32.0 Å². The molecular weight excluding hydrogens is 398 g/mol. The highest BCUT2D eigenvalue weighted by Gasteiger charge is 2.49. The Balaban J connectivity index is 1.45. The summed E-state index contributed by atoms with van der Waals surface area (Å²) in [6.45, 7) is 5.60. The normalized spacial score (nSPS) is 20.5. The lowest BCUT2D eigenvalue weighted by Crippen LogP contribution is -2.42. The van der Waals surface area contributed by atoms with Gasteiger partial charge in [-0.2, -0.15) is 0 Å². The second-order valence-corrected chi connectivity index (χ2v) is 7.99. The van der Waals surface area contributed by atoms with E-state index in [1.807, 2.05) is 24.3 Å². The molecule has 8 heteroatoms. The number of urea groups is 1. The van der Waals surface area contributed by atoms with Crippen LogP contribution in [-0.2, 0) is 15.1 Å². The highest BCUT2D eigenvalue weighted by atomic mass is 16.7. The lowest BCUT2D eigenvalue weighted by atomic mass is 9.91. The van der Waals surface area contributed by atoms with E-state index >= 15 is 0 Å². The molecule has 0 saturated carbocycles. The van der Waals surface area contributed by atoms with Crippen molar-refractivity contribution in [2.45, 2.75) is 38.6 Å². The minimum atomic E-state index is -1.30. The van der Waals surface area contributed by atoms with E-state index in [9.17, 15) is 14.4 Å². The van der Waals surface area contributed by atoms with Crippen LogP contribution in [0.2, 0.25) is 0 Å². The third-order valence-corrected chi connectivity index (χ3v) is 5.90. The van der Waals surface area contributed by atoms with Crippen molar-refractivity contribution in [1.82, 2.24) is 10.2 Å². The molecule has 1 fully saturated rings. The number of anilines is 1. The third-order valence-electron chi connectivity index (χ3n) is 5.90. The lowest BCUT2D eigenvalue weighted by molar-refractivity contribution is -0.133. The van der Waals surface area contributed by atoms with Crippen LogP contribution in [-0.4, -0.2) is 36.1 Å². The van der Waals surface area contributed by atoms with Crippen LogP contribution in [0.4, 0.5) is 10.5 Å². The molecule has 2 aliphatic heterocycles. The van der Waals surface area contributed by atoms with Crippen LogP contribution in [0, 0.1) is 0 Å². The molecule has 0 bridgehead atoms. The minimum absolute atomic E-state index is 0.112. The number of rotatable bonds is 6. The molecule has 0 aliphatic carbocycles. The smallest absolute Gasteiger partial charge is 0.325 e. The first-order chi connectivity index (χ1) is 14.8. The van der Waals surface area contributed by atoms with Gasteiger partial charge >= 0.3 is 6.03 Å². The molecule has 0 radical (unpaired) electrons. The van der Waals surface area contributed by atoms with E-state index in [1.165, 1.54) is 5.56 Å². The van der Waals surface area contributed by atoms with E-state index in [4.69, 9.17) is 9.47 Å². The Kier molecular flexibility index (Phi) is 5.31. The Morgan fingerprint density at radius 3 is 2.58 bits per heavy atom. The molecule has 162 valence electrons. The Morgan fingerprint density at radius 1 is 1.16 bits per heavy atom. The van der Waals surface area contributed by atoms with Gasteiger partial charge in [0.15, 0.2) is 11.5 Å². The van der Waals surface area contributed by atoms with Gasteiger partial charge in [0.1, 0.15) is 12.1 Å². The number of nitrogens with zero attached hydrogens (tertiary/aromatic N) is 1. The molecule has 2 aliphatic rings. The van der Waals surface area contributed by atoms with Gasteiger partial charge in [0.05, 0.1) is 0 Å². The van der Waals surface area contributed by atoms with Crippen LogP contribution in [0.3, 0.4) is 0 Å². The monoisotopic (exact) mass is 423 g/mol. The molecule has 2 heterocycles. The van der Waals surface area contributed by atoms with Gasteiger partial charge in [-0.15, -0.1) is 0 Å². The Hall–Kier alpha value is -3.55. The quantitative estimate of drug-likeness (QED) is 0.695. The number of ether oxygens (including phenoxy) is 2. The molecule has 1 saturated heterocycles. The first kappa shape index (κ1) is 20.7. The molecule has 31 heavy (non-hydrogen) atoms. The maximum Gasteiger partial charge on any atom is 0.325 e. The summed E-state index contributed by atoms with van der Waals surface area (Å²) < 4.78 is 10.7. The summed E-state index contributed by atoms with van der Waals surface area (Å²) in [5.41, 5.74) is 1.06. The number of hydrogen-bond acceptors (Lipinski definition) is 5. The number of carbonyl (C=O) groups is 3. The van der Waals surface area contributed by atoms with Crippen LogP contribution in [0.15, 0.2) is 42.5 Å². The molecule has 0 spiro atoms. The predicted octanol–water partition coefficient (Wildman–Crippen LogP) is 3.33. The number of carbonyl (C=O) groups excluding carboxylic acids is 3. The van der Waals surface area contributed by atoms with E-state index in [2.05, 4.69) is 24.5 Å². The van der Waals surface area contributed by atoms with E-state index < -0.39 is 23.4 Å². The van der Waals surface area contributed by atoms with Crippen LogP contribution < -0.4 is 20.1 Å². The van der Waals surface area contributed by atoms with Crippen molar-refractivity contribution >= 4 is 23.5 Å². The van der Waals surface area contributed by atoms with Gasteiger partial charge in [0.2, 0.25) is 12.7 Å². The first-order valence-corrected chi connectivity index (χ1v) is 10.3. The van der Waals surface area contributed by atoms with Gasteiger partial charge in [-0.3, -0.25) is 14.5 Å². The zero-order valence-corrected chi connectivity index (χ0v) is 17.7. The summed E-state index contributed by atoms with van der Waals surface area (Å²) >= 11 is 0. The van der Waals surface area contributed by atoms with Gasteiger partial charge in [0, 0.05) is 5.69 Å². The maximum atomic E-state index is 13.1. The number of imide groups is 1. The highest BCUT2D eigenvalue weighted by molar-refractivity contribution is 6.10. The highest BCUT2D eigenvalue weighted by Crippen LogP contribution is 2.37. The van der Waals surface area contributed by atoms with Crippen molar-refractivity contribution in [3.05, 3.63) is 53.6 Å².